The van der Waals surface area contributed by atoms with Gasteiger partial charge in [-0.05, 0) is 0 Å². The van der Waals surface area contributed by atoms with E-state index in [0.717, 1.165) is 0 Å². The van der Waals surface area contributed by atoms with Crippen LogP contribution >= 0.6 is 0 Å². The molecule has 0 saturated carbocycles. The Kier molecular flexibility index (Phi) is 10.3. The predicted molar refractivity (Wildman–Crippen MR) is 7.11 cm³/mol. The van der Waals surface area contributed by atoms with Crippen LogP contribution in [0.2, 0.25) is 0 Å². The van der Waals surface area contributed by atoms with Crippen molar-refractivity contribution in [3.05, 3.63) is 0 Å². The quantitative estimate of drug-likeness (QED) is 0.577. The Morgan fingerprint density at radius 1 is 1.00 bits per heavy atom. The van der Waals surface area contributed by atoms with Gasteiger partial charge in [0.1, 0.15) is 0 Å². The van der Waals surface area contributed by atoms with Crippen molar-refractivity contribution < 1.29 is 62.5 Å². The van der Waals surface area contributed by atoms with Crippen LogP contribution in [0, 0.1) is 49.4 Å². The van der Waals surface area contributed by atoms with Gasteiger partial charge in [0.15, 0.2) is 0 Å². The summed E-state index contributed by atoms with van der Waals surface area (Å²) in [6.45, 7) is -3.67. The molecular formula is CHEuF3. The molecule has 0 aliphatic carbocycles. The summed E-state index contributed by atoms with van der Waals surface area (Å²) in [6.07, 6.45) is 0. The van der Waals surface area contributed by atoms with Crippen molar-refractivity contribution in [3.63, 3.8) is 0 Å². The maximum atomic E-state index is 9.67. The summed E-state index contributed by atoms with van der Waals surface area (Å²) in [6, 6.07) is 0. The van der Waals surface area contributed by atoms with Crippen LogP contribution in [0.25, 0.3) is 0 Å². The zero-order valence-corrected chi connectivity index (χ0v) is 4.51. The van der Waals surface area contributed by atoms with Gasteiger partial charge < -0.3 is 0 Å². The number of hydrogen-bond acceptors (Lipinski definition) is 0. The second-order valence-electron chi connectivity index (χ2n) is 0.247. The number of rotatable bonds is 0. The summed E-state index contributed by atoms with van der Waals surface area (Å²) in [5, 5.41) is 0. The molecule has 0 atom stereocenters. The zero-order valence-electron chi connectivity index (χ0n) is 2.09. The monoisotopic (exact) mass is 223 g/mol. The Balaban J connectivity index is 0. The fourth-order valence-corrected chi connectivity index (χ4v) is 0. The number of halogens is 3. The van der Waals surface area contributed by atoms with Crippen LogP contribution in [0.3, 0.4) is 0 Å². The van der Waals surface area contributed by atoms with Gasteiger partial charge in [0.25, 0.3) is 0 Å². The summed E-state index contributed by atoms with van der Waals surface area (Å²) < 4.78 is 29.0. The fraction of sp³-hybridized carbons (Fsp3) is 1.00. The van der Waals surface area contributed by atoms with Crippen LogP contribution in [-0.2, 0) is 0 Å². The molecular weight excluding hydrogens is 221 g/mol. The Hall–Kier alpha value is 1.37. The van der Waals surface area contributed by atoms with Crippen LogP contribution in [0.15, 0.2) is 0 Å². The van der Waals surface area contributed by atoms with E-state index >= 15 is 0 Å². The average molecular weight is 222 g/mol. The molecule has 33 valence electrons. The van der Waals surface area contributed by atoms with Gasteiger partial charge >= 0.3 is 6.68 Å². The van der Waals surface area contributed by atoms with Crippen LogP contribution in [0.1, 0.15) is 0 Å². The summed E-state index contributed by atoms with van der Waals surface area (Å²) in [5.41, 5.74) is 0. The zero-order chi connectivity index (χ0) is 3.58. The Labute approximate surface area is 68.3 Å². The average Bonchev–Trinajstić information content (AvgIpc) is 0.811. The third-order valence-electron chi connectivity index (χ3n) is 0. The van der Waals surface area contributed by atoms with E-state index in [9.17, 15) is 13.2 Å². The van der Waals surface area contributed by atoms with E-state index in [0.29, 0.717) is 0 Å². The minimum Gasteiger partial charge on any atom is -0.174 e. The van der Waals surface area contributed by atoms with E-state index in [2.05, 4.69) is 0 Å². The van der Waals surface area contributed by atoms with Crippen molar-refractivity contribution in [3.8, 4) is 0 Å². The molecule has 0 aliphatic rings. The molecule has 0 fully saturated rings. The van der Waals surface area contributed by atoms with E-state index in [1.165, 1.54) is 0 Å². The first-order chi connectivity index (χ1) is 1.73. The first-order valence-electron chi connectivity index (χ1n) is 0.655. The molecule has 0 N–H and O–H groups in total. The summed E-state index contributed by atoms with van der Waals surface area (Å²) in [4.78, 5) is 0. The normalized spacial score (nSPS) is 7.20. The second kappa shape index (κ2) is 5.37. The standard InChI is InChI=1S/CHF3.Eu/c2-1(3)4;/h1H;. The molecule has 0 aromatic heterocycles. The molecule has 0 unspecified atom stereocenters. The molecule has 0 rings (SSSR count). The van der Waals surface area contributed by atoms with Gasteiger partial charge in [-0.3, -0.25) is 0 Å². The SMILES string of the molecule is FC(F)F.[Eu]. The van der Waals surface area contributed by atoms with Gasteiger partial charge in [-0.1, -0.05) is 0 Å². The molecule has 0 aromatic rings. The molecule has 0 saturated heterocycles. The smallest absolute Gasteiger partial charge is 0.174 e. The van der Waals surface area contributed by atoms with E-state index in [-0.39, 0.29) is 49.4 Å². The van der Waals surface area contributed by atoms with Crippen molar-refractivity contribution in [2.75, 3.05) is 0 Å². The minimum absolute atomic E-state index is 0. The molecule has 0 amide bonds. The molecule has 1 radical (unpaired) electrons. The molecule has 0 spiro atoms. The van der Waals surface area contributed by atoms with Crippen molar-refractivity contribution in [1.29, 1.82) is 0 Å². The molecule has 0 heterocycles. The Morgan fingerprint density at radius 3 is 1.00 bits per heavy atom. The number of hydrogen-bond donors (Lipinski definition) is 0. The minimum atomic E-state index is -3.67. The largest absolute Gasteiger partial charge is 0.379 e. The first kappa shape index (κ1) is 9.62. The maximum Gasteiger partial charge on any atom is 0.379 e. The van der Waals surface area contributed by atoms with E-state index in [1.807, 2.05) is 0 Å². The Bertz CT molecular complexity index is 11.6. The van der Waals surface area contributed by atoms with Gasteiger partial charge in [-0.15, -0.1) is 0 Å². The van der Waals surface area contributed by atoms with Crippen LogP contribution < -0.4 is 0 Å². The van der Waals surface area contributed by atoms with Crippen molar-refractivity contribution in [2.45, 2.75) is 6.68 Å². The van der Waals surface area contributed by atoms with Crippen molar-refractivity contribution in [2.24, 2.45) is 0 Å². The van der Waals surface area contributed by atoms with E-state index < -0.39 is 6.68 Å². The molecule has 0 aliphatic heterocycles. The van der Waals surface area contributed by atoms with E-state index in [4.69, 9.17) is 0 Å². The van der Waals surface area contributed by atoms with Gasteiger partial charge in [0.05, 0.1) is 0 Å². The van der Waals surface area contributed by atoms with Crippen molar-refractivity contribution >= 4 is 0 Å². The predicted octanol–water partition coefficient (Wildman–Crippen LogP) is 1.18. The molecule has 0 bridgehead atoms. The van der Waals surface area contributed by atoms with Gasteiger partial charge in [-0.2, -0.15) is 13.2 Å². The number of alkyl halides is 3. The van der Waals surface area contributed by atoms with Crippen LogP contribution in [-0.4, -0.2) is 6.68 Å². The summed E-state index contributed by atoms with van der Waals surface area (Å²) >= 11 is 0. The topological polar surface area (TPSA) is 0 Å². The fourth-order valence-electron chi connectivity index (χ4n) is 0. The third kappa shape index (κ3) is 32.4. The molecule has 5 heavy (non-hydrogen) atoms. The molecule has 0 nitrogen and oxygen atoms in total. The molecule has 0 aromatic carbocycles. The maximum absolute atomic E-state index is 9.67. The second-order valence-corrected chi connectivity index (χ2v) is 0.247. The van der Waals surface area contributed by atoms with Gasteiger partial charge in [0, 0.05) is 49.4 Å². The summed E-state index contributed by atoms with van der Waals surface area (Å²) in [5.74, 6) is 0. The molecule has 4 heteroatoms. The van der Waals surface area contributed by atoms with Crippen LogP contribution in [0.4, 0.5) is 13.2 Å². The van der Waals surface area contributed by atoms with Gasteiger partial charge in [-0.25, -0.2) is 0 Å². The van der Waals surface area contributed by atoms with Gasteiger partial charge in [0.2, 0.25) is 0 Å². The van der Waals surface area contributed by atoms with Crippen molar-refractivity contribution in [1.82, 2.24) is 0 Å². The van der Waals surface area contributed by atoms with E-state index in [1.54, 1.807) is 0 Å². The Morgan fingerprint density at radius 2 is 1.00 bits per heavy atom. The van der Waals surface area contributed by atoms with Crippen LogP contribution in [0.5, 0.6) is 0 Å². The third-order valence-corrected chi connectivity index (χ3v) is 0. The summed E-state index contributed by atoms with van der Waals surface area (Å²) in [7, 11) is 0. The first-order valence-corrected chi connectivity index (χ1v) is 0.655.